The summed E-state index contributed by atoms with van der Waals surface area (Å²) in [5, 5.41) is 4.41. The molecule has 88 valence electrons. The van der Waals surface area contributed by atoms with E-state index in [1.807, 2.05) is 0 Å². The van der Waals surface area contributed by atoms with Gasteiger partial charge in [0.15, 0.2) is 0 Å². The Balaban J connectivity index is 1.84. The third kappa shape index (κ3) is 3.36. The Labute approximate surface area is 98.2 Å². The zero-order chi connectivity index (χ0) is 10.5. The van der Waals surface area contributed by atoms with Crippen molar-refractivity contribution in [1.29, 1.82) is 0 Å². The average Bonchev–Trinajstić information content (AvgIpc) is 2.58. The van der Waals surface area contributed by atoms with E-state index in [-0.39, 0.29) is 0 Å². The molecule has 15 heavy (non-hydrogen) atoms. The molecule has 2 atom stereocenters. The predicted octanol–water partition coefficient (Wildman–Crippen LogP) is 1.96. The van der Waals surface area contributed by atoms with E-state index in [0.29, 0.717) is 0 Å². The van der Waals surface area contributed by atoms with Crippen LogP contribution in [0.5, 0.6) is 0 Å². The van der Waals surface area contributed by atoms with Crippen molar-refractivity contribution < 1.29 is 0 Å². The van der Waals surface area contributed by atoms with Gasteiger partial charge in [-0.05, 0) is 38.8 Å². The molecule has 2 nitrogen and oxygen atoms in total. The van der Waals surface area contributed by atoms with Gasteiger partial charge in [0.2, 0.25) is 0 Å². The quantitative estimate of drug-likeness (QED) is 0.778. The maximum Gasteiger partial charge on any atom is 0.0172 e. The highest BCUT2D eigenvalue weighted by Crippen LogP contribution is 2.25. The molecular weight excluding hydrogens is 204 g/mol. The van der Waals surface area contributed by atoms with Crippen LogP contribution in [0, 0.1) is 0 Å². The molecule has 0 aromatic heterocycles. The zero-order valence-electron chi connectivity index (χ0n) is 9.87. The molecule has 3 heteroatoms. The normalized spacial score (nSPS) is 35.0. The molecule has 2 saturated heterocycles. The summed E-state index contributed by atoms with van der Waals surface area (Å²) in [4.78, 5) is 2.76. The highest BCUT2D eigenvalue weighted by atomic mass is 32.2. The second kappa shape index (κ2) is 6.12. The fraction of sp³-hybridized carbons (Fsp3) is 1.00. The Hall–Kier alpha value is 0.270. The van der Waals surface area contributed by atoms with Crippen LogP contribution in [0.1, 0.15) is 32.6 Å². The number of nitrogens with one attached hydrogen (secondary N) is 1. The maximum atomic E-state index is 3.51. The summed E-state index contributed by atoms with van der Waals surface area (Å²) in [5.74, 6) is 1.35. The van der Waals surface area contributed by atoms with E-state index >= 15 is 0 Å². The van der Waals surface area contributed by atoms with Crippen molar-refractivity contribution in [3.8, 4) is 0 Å². The van der Waals surface area contributed by atoms with Crippen LogP contribution in [-0.4, -0.2) is 48.1 Å². The molecule has 0 spiro atoms. The van der Waals surface area contributed by atoms with Crippen molar-refractivity contribution in [3.63, 3.8) is 0 Å². The molecule has 2 aliphatic rings. The molecule has 2 unspecified atom stereocenters. The van der Waals surface area contributed by atoms with E-state index < -0.39 is 0 Å². The number of thioether (sulfide) groups is 1. The van der Waals surface area contributed by atoms with Crippen LogP contribution in [0.2, 0.25) is 0 Å². The Morgan fingerprint density at radius 2 is 2.27 bits per heavy atom. The first-order chi connectivity index (χ1) is 7.40. The largest absolute Gasteiger partial charge is 0.317 e. The van der Waals surface area contributed by atoms with E-state index in [0.717, 1.165) is 11.3 Å². The van der Waals surface area contributed by atoms with Gasteiger partial charge in [0.25, 0.3) is 0 Å². The van der Waals surface area contributed by atoms with E-state index in [1.165, 1.54) is 57.6 Å². The molecular formula is C12H24N2S. The number of nitrogens with zero attached hydrogens (tertiary/aromatic N) is 1. The van der Waals surface area contributed by atoms with Crippen molar-refractivity contribution in [1.82, 2.24) is 10.2 Å². The number of hydrogen-bond acceptors (Lipinski definition) is 3. The highest BCUT2D eigenvalue weighted by molar-refractivity contribution is 8.00. The molecule has 0 saturated carbocycles. The summed E-state index contributed by atoms with van der Waals surface area (Å²) in [6, 6.07) is 0.870. The molecule has 0 amide bonds. The minimum absolute atomic E-state index is 0.870. The molecule has 0 radical (unpaired) electrons. The lowest BCUT2D eigenvalue weighted by Gasteiger charge is -2.37. The summed E-state index contributed by atoms with van der Waals surface area (Å²) < 4.78 is 0. The number of hydrogen-bond donors (Lipinski definition) is 1. The Morgan fingerprint density at radius 3 is 3.13 bits per heavy atom. The van der Waals surface area contributed by atoms with Crippen molar-refractivity contribution in [2.24, 2.45) is 0 Å². The highest BCUT2D eigenvalue weighted by Gasteiger charge is 2.25. The first kappa shape index (κ1) is 11.7. The van der Waals surface area contributed by atoms with Crippen molar-refractivity contribution >= 4 is 11.8 Å². The summed E-state index contributed by atoms with van der Waals surface area (Å²) >= 11 is 2.18. The molecule has 2 fully saturated rings. The van der Waals surface area contributed by atoms with Gasteiger partial charge in [-0.2, -0.15) is 11.8 Å². The van der Waals surface area contributed by atoms with Crippen LogP contribution in [0.25, 0.3) is 0 Å². The van der Waals surface area contributed by atoms with Crippen molar-refractivity contribution in [2.45, 2.75) is 43.9 Å². The van der Waals surface area contributed by atoms with Gasteiger partial charge in [0.05, 0.1) is 0 Å². The first-order valence-corrected chi connectivity index (χ1v) is 7.51. The maximum absolute atomic E-state index is 3.51. The molecule has 0 aromatic rings. The first-order valence-electron chi connectivity index (χ1n) is 6.46. The smallest absolute Gasteiger partial charge is 0.0172 e. The lowest BCUT2D eigenvalue weighted by Crippen LogP contribution is -2.44. The Bertz CT molecular complexity index is 178. The van der Waals surface area contributed by atoms with Gasteiger partial charge in [0.1, 0.15) is 0 Å². The Morgan fingerprint density at radius 1 is 1.33 bits per heavy atom. The molecule has 1 N–H and O–H groups in total. The summed E-state index contributed by atoms with van der Waals surface area (Å²) in [6.45, 7) is 7.45. The topological polar surface area (TPSA) is 15.3 Å². The minimum atomic E-state index is 0.870. The van der Waals surface area contributed by atoms with Crippen LogP contribution in [0.3, 0.4) is 0 Å². The second-order valence-corrected chi connectivity index (χ2v) is 6.14. The molecule has 2 heterocycles. The molecule has 0 aromatic carbocycles. The van der Waals surface area contributed by atoms with Crippen LogP contribution in [0.4, 0.5) is 0 Å². The fourth-order valence-corrected chi connectivity index (χ4v) is 3.89. The predicted molar refractivity (Wildman–Crippen MR) is 68.6 cm³/mol. The number of rotatable bonds is 2. The van der Waals surface area contributed by atoms with E-state index in [2.05, 4.69) is 28.9 Å². The zero-order valence-corrected chi connectivity index (χ0v) is 10.7. The SMILES string of the molecule is CCC1CN(C2CCCNCC2)CCS1. The lowest BCUT2D eigenvalue weighted by molar-refractivity contribution is 0.187. The second-order valence-electron chi connectivity index (χ2n) is 4.73. The van der Waals surface area contributed by atoms with Gasteiger partial charge < -0.3 is 5.32 Å². The van der Waals surface area contributed by atoms with Gasteiger partial charge in [-0.3, -0.25) is 4.90 Å². The molecule has 0 aliphatic carbocycles. The van der Waals surface area contributed by atoms with Crippen LogP contribution in [0.15, 0.2) is 0 Å². The lowest BCUT2D eigenvalue weighted by atomic mass is 10.1. The average molecular weight is 228 g/mol. The monoisotopic (exact) mass is 228 g/mol. The fourth-order valence-electron chi connectivity index (χ4n) is 2.69. The van der Waals surface area contributed by atoms with Gasteiger partial charge >= 0.3 is 0 Å². The van der Waals surface area contributed by atoms with Gasteiger partial charge in [-0.15, -0.1) is 0 Å². The minimum Gasteiger partial charge on any atom is -0.317 e. The van der Waals surface area contributed by atoms with E-state index in [4.69, 9.17) is 0 Å². The third-order valence-corrected chi connectivity index (χ3v) is 5.06. The summed E-state index contributed by atoms with van der Waals surface area (Å²) in [7, 11) is 0. The molecule has 2 rings (SSSR count). The van der Waals surface area contributed by atoms with Gasteiger partial charge in [-0.1, -0.05) is 6.92 Å². The van der Waals surface area contributed by atoms with Crippen LogP contribution in [-0.2, 0) is 0 Å². The molecule has 2 aliphatic heterocycles. The van der Waals surface area contributed by atoms with Gasteiger partial charge in [-0.25, -0.2) is 0 Å². The standard InChI is InChI=1S/C12H24N2S/c1-2-12-10-14(8-9-15-12)11-4-3-6-13-7-5-11/h11-13H,2-10H2,1H3. The van der Waals surface area contributed by atoms with E-state index in [1.54, 1.807) is 0 Å². The Kier molecular flexibility index (Phi) is 4.79. The van der Waals surface area contributed by atoms with Crippen LogP contribution < -0.4 is 5.32 Å². The van der Waals surface area contributed by atoms with Crippen molar-refractivity contribution in [3.05, 3.63) is 0 Å². The third-order valence-electron chi connectivity index (χ3n) is 3.69. The summed E-state index contributed by atoms with van der Waals surface area (Å²) in [6.07, 6.45) is 5.48. The van der Waals surface area contributed by atoms with Crippen molar-refractivity contribution in [2.75, 3.05) is 31.9 Å². The van der Waals surface area contributed by atoms with Crippen LogP contribution >= 0.6 is 11.8 Å². The summed E-state index contributed by atoms with van der Waals surface area (Å²) in [5.41, 5.74) is 0. The molecule has 0 bridgehead atoms. The van der Waals surface area contributed by atoms with Gasteiger partial charge in [0, 0.05) is 30.1 Å². The van der Waals surface area contributed by atoms with E-state index in [9.17, 15) is 0 Å².